The van der Waals surface area contributed by atoms with E-state index >= 15 is 0 Å². The minimum atomic E-state index is -0.453. The second-order valence-electron chi connectivity index (χ2n) is 5.01. The van der Waals surface area contributed by atoms with Crippen LogP contribution in [0.25, 0.3) is 6.08 Å². The van der Waals surface area contributed by atoms with E-state index in [4.69, 9.17) is 5.73 Å². The number of carbonyl (C=O) groups excluding carboxylic acids is 2. The molecule has 4 N–H and O–H groups in total. The fraction of sp³-hybridized carbons (Fsp3) is 0.111. The van der Waals surface area contributed by atoms with Gasteiger partial charge in [-0.3, -0.25) is 9.59 Å². The molecule has 118 valence electrons. The fourth-order valence-corrected chi connectivity index (χ4v) is 2.05. The molecule has 0 atom stereocenters. The van der Waals surface area contributed by atoms with Crippen molar-refractivity contribution in [2.75, 3.05) is 5.73 Å². The van der Waals surface area contributed by atoms with Gasteiger partial charge in [0, 0.05) is 24.6 Å². The van der Waals surface area contributed by atoms with Gasteiger partial charge in [-0.15, -0.1) is 0 Å². The van der Waals surface area contributed by atoms with E-state index in [1.807, 2.05) is 36.4 Å². The van der Waals surface area contributed by atoms with Crippen molar-refractivity contribution in [3.63, 3.8) is 0 Å². The quantitative estimate of drug-likeness (QED) is 0.443. The number of nitrogens with one attached hydrogen (secondary N) is 1. The van der Waals surface area contributed by atoms with Gasteiger partial charge in [0.2, 0.25) is 5.91 Å². The SMILES string of the molecule is Nc1cccc(/C=C/C=C/C=C/C(=O)NC2=C(O)CCC2=O)c1. The zero-order valence-electron chi connectivity index (χ0n) is 12.5. The molecule has 0 saturated carbocycles. The number of nitrogen functional groups attached to an aromatic ring is 1. The van der Waals surface area contributed by atoms with Gasteiger partial charge >= 0.3 is 0 Å². The minimum Gasteiger partial charge on any atom is -0.510 e. The number of Topliss-reactive ketones (excluding diaryl/α,β-unsaturated/α-hetero) is 1. The third kappa shape index (κ3) is 5.00. The molecule has 0 aromatic heterocycles. The van der Waals surface area contributed by atoms with E-state index < -0.39 is 5.91 Å². The molecule has 0 spiro atoms. The number of amides is 1. The summed E-state index contributed by atoms with van der Waals surface area (Å²) in [6.45, 7) is 0. The number of ketones is 1. The molecule has 0 heterocycles. The van der Waals surface area contributed by atoms with Crippen molar-refractivity contribution in [3.8, 4) is 0 Å². The Bertz CT molecular complexity index is 728. The number of hydrogen-bond acceptors (Lipinski definition) is 4. The van der Waals surface area contributed by atoms with Gasteiger partial charge in [0.1, 0.15) is 11.5 Å². The average molecular weight is 310 g/mol. The Balaban J connectivity index is 1.83. The minimum absolute atomic E-state index is 0.00481. The van der Waals surface area contributed by atoms with Crippen molar-refractivity contribution in [2.45, 2.75) is 12.8 Å². The van der Waals surface area contributed by atoms with E-state index in [-0.39, 0.29) is 30.1 Å². The van der Waals surface area contributed by atoms with Crippen molar-refractivity contribution < 1.29 is 14.7 Å². The molecule has 1 aliphatic rings. The predicted octanol–water partition coefficient (Wildman–Crippen LogP) is 2.64. The topological polar surface area (TPSA) is 92.4 Å². The number of carbonyl (C=O) groups is 2. The number of rotatable bonds is 5. The number of benzene rings is 1. The molecule has 5 heteroatoms. The normalized spacial score (nSPS) is 15.4. The first-order valence-electron chi connectivity index (χ1n) is 7.19. The highest BCUT2D eigenvalue weighted by Gasteiger charge is 2.23. The van der Waals surface area contributed by atoms with Crippen LogP contribution in [0.1, 0.15) is 18.4 Å². The molecule has 1 amide bonds. The van der Waals surface area contributed by atoms with Gasteiger partial charge in [-0.1, -0.05) is 42.5 Å². The third-order valence-electron chi connectivity index (χ3n) is 3.18. The van der Waals surface area contributed by atoms with Crippen molar-refractivity contribution in [3.05, 3.63) is 71.7 Å². The summed E-state index contributed by atoms with van der Waals surface area (Å²) in [5.41, 5.74) is 7.37. The standard InChI is InChI=1S/C18H18N2O3/c19-14-8-5-7-13(12-14)6-3-1-2-4-9-17(23)20-18-15(21)10-11-16(18)22/h1-9,12,21H,10-11,19H2,(H,20,23)/b2-1+,6-3+,9-4+. The summed E-state index contributed by atoms with van der Waals surface area (Å²) in [6, 6.07) is 7.48. The molecule has 23 heavy (non-hydrogen) atoms. The maximum atomic E-state index is 11.6. The van der Waals surface area contributed by atoms with Gasteiger partial charge in [-0.25, -0.2) is 0 Å². The number of nitrogens with two attached hydrogens (primary N) is 1. The lowest BCUT2D eigenvalue weighted by molar-refractivity contribution is -0.119. The van der Waals surface area contributed by atoms with Crippen LogP contribution in [-0.2, 0) is 9.59 Å². The van der Waals surface area contributed by atoms with Crippen LogP contribution in [0.4, 0.5) is 5.69 Å². The van der Waals surface area contributed by atoms with E-state index in [0.29, 0.717) is 5.69 Å². The highest BCUT2D eigenvalue weighted by atomic mass is 16.3. The molecule has 1 aromatic carbocycles. The van der Waals surface area contributed by atoms with Crippen molar-refractivity contribution in [2.24, 2.45) is 0 Å². The first-order chi connectivity index (χ1) is 11.1. The Morgan fingerprint density at radius 3 is 2.65 bits per heavy atom. The monoisotopic (exact) mass is 310 g/mol. The lowest BCUT2D eigenvalue weighted by Gasteiger charge is -2.01. The summed E-state index contributed by atoms with van der Waals surface area (Å²) < 4.78 is 0. The molecule has 1 aromatic rings. The van der Waals surface area contributed by atoms with E-state index in [1.54, 1.807) is 18.2 Å². The maximum absolute atomic E-state index is 11.6. The number of aliphatic hydroxyl groups excluding tert-OH is 1. The van der Waals surface area contributed by atoms with Crippen LogP contribution in [-0.4, -0.2) is 16.8 Å². The van der Waals surface area contributed by atoms with Gasteiger partial charge < -0.3 is 16.2 Å². The molecule has 0 aliphatic heterocycles. The van der Waals surface area contributed by atoms with Crippen LogP contribution in [0.15, 0.2) is 66.1 Å². The highest BCUT2D eigenvalue weighted by Crippen LogP contribution is 2.17. The molecule has 0 bridgehead atoms. The lowest BCUT2D eigenvalue weighted by atomic mass is 10.2. The summed E-state index contributed by atoms with van der Waals surface area (Å²) in [5, 5.41) is 11.9. The van der Waals surface area contributed by atoms with Crippen LogP contribution in [0.3, 0.4) is 0 Å². The largest absolute Gasteiger partial charge is 0.510 e. The Morgan fingerprint density at radius 1 is 1.17 bits per heavy atom. The van der Waals surface area contributed by atoms with Crippen LogP contribution in [0.2, 0.25) is 0 Å². The summed E-state index contributed by atoms with van der Waals surface area (Å²) >= 11 is 0. The van der Waals surface area contributed by atoms with Crippen LogP contribution in [0.5, 0.6) is 0 Å². The summed E-state index contributed by atoms with van der Waals surface area (Å²) in [4.78, 5) is 23.0. The lowest BCUT2D eigenvalue weighted by Crippen LogP contribution is -2.24. The third-order valence-corrected chi connectivity index (χ3v) is 3.18. The summed E-state index contributed by atoms with van der Waals surface area (Å²) in [7, 11) is 0. The first kappa shape index (κ1) is 16.3. The smallest absolute Gasteiger partial charge is 0.248 e. The zero-order chi connectivity index (χ0) is 16.7. The molecule has 0 radical (unpaired) electrons. The number of allylic oxidation sites excluding steroid dienone is 6. The average Bonchev–Trinajstić information content (AvgIpc) is 2.83. The van der Waals surface area contributed by atoms with Gasteiger partial charge in [0.05, 0.1) is 0 Å². The molecule has 0 unspecified atom stereocenters. The van der Waals surface area contributed by atoms with Crippen LogP contribution in [0, 0.1) is 0 Å². The highest BCUT2D eigenvalue weighted by molar-refractivity contribution is 6.03. The first-order valence-corrected chi connectivity index (χ1v) is 7.19. The number of aliphatic hydroxyl groups is 1. The van der Waals surface area contributed by atoms with E-state index in [0.717, 1.165) is 5.56 Å². The zero-order valence-corrected chi connectivity index (χ0v) is 12.5. The summed E-state index contributed by atoms with van der Waals surface area (Å²) in [6.07, 6.45) is 10.5. The van der Waals surface area contributed by atoms with Crippen LogP contribution >= 0.6 is 0 Å². The summed E-state index contributed by atoms with van der Waals surface area (Å²) in [5.74, 6) is -0.756. The van der Waals surface area contributed by atoms with Gasteiger partial charge in [-0.2, -0.15) is 0 Å². The van der Waals surface area contributed by atoms with Crippen molar-refractivity contribution in [1.82, 2.24) is 5.32 Å². The molecule has 2 rings (SSSR count). The van der Waals surface area contributed by atoms with Crippen molar-refractivity contribution in [1.29, 1.82) is 0 Å². The maximum Gasteiger partial charge on any atom is 0.248 e. The van der Waals surface area contributed by atoms with Crippen molar-refractivity contribution >= 4 is 23.5 Å². The Kier molecular flexibility index (Phi) is 5.52. The van der Waals surface area contributed by atoms with Gasteiger partial charge in [-0.05, 0) is 17.7 Å². The van der Waals surface area contributed by atoms with Gasteiger partial charge in [0.15, 0.2) is 5.78 Å². The second-order valence-corrected chi connectivity index (χ2v) is 5.01. The van der Waals surface area contributed by atoms with E-state index in [2.05, 4.69) is 5.32 Å². The van der Waals surface area contributed by atoms with E-state index in [9.17, 15) is 14.7 Å². The molecular weight excluding hydrogens is 292 g/mol. The van der Waals surface area contributed by atoms with Crippen LogP contribution < -0.4 is 11.1 Å². The molecule has 1 aliphatic carbocycles. The predicted molar refractivity (Wildman–Crippen MR) is 90.2 cm³/mol. The second kappa shape index (κ2) is 7.79. The molecule has 5 nitrogen and oxygen atoms in total. The Labute approximate surface area is 134 Å². The fourth-order valence-electron chi connectivity index (χ4n) is 2.05. The number of anilines is 1. The Hall–Kier alpha value is -3.08. The number of hydrogen-bond donors (Lipinski definition) is 3. The molecular formula is C18H18N2O3. The Morgan fingerprint density at radius 2 is 1.96 bits per heavy atom. The molecule has 0 saturated heterocycles. The van der Waals surface area contributed by atoms with E-state index in [1.165, 1.54) is 6.08 Å². The van der Waals surface area contributed by atoms with Gasteiger partial charge in [0.25, 0.3) is 0 Å². The molecule has 0 fully saturated rings.